The molecule has 314 valence electrons. The molecule has 4 amide bonds. The second-order valence-corrected chi connectivity index (χ2v) is 16.8. The molecular formula is C45H80N6O4. The first-order chi connectivity index (χ1) is 26.4. The second kappa shape index (κ2) is 23.9. The number of unbranched alkanes of at least 4 members (excludes halogenated alkanes) is 3. The van der Waals surface area contributed by atoms with E-state index in [4.69, 9.17) is 9.98 Å². The molecule has 2 saturated carbocycles. The van der Waals surface area contributed by atoms with E-state index in [1.54, 1.807) is 11.9 Å². The molecule has 55 heavy (non-hydrogen) atoms. The van der Waals surface area contributed by atoms with Gasteiger partial charge < -0.3 is 14.7 Å². The highest BCUT2D eigenvalue weighted by atomic mass is 16.2. The van der Waals surface area contributed by atoms with E-state index in [9.17, 15) is 19.2 Å². The zero-order valence-corrected chi connectivity index (χ0v) is 36.7. The monoisotopic (exact) mass is 769 g/mol. The lowest BCUT2D eigenvalue weighted by atomic mass is 9.79. The molecular weight excluding hydrogens is 689 g/mol. The van der Waals surface area contributed by atoms with Crippen molar-refractivity contribution >= 4 is 35.8 Å². The van der Waals surface area contributed by atoms with Crippen LogP contribution < -0.4 is 0 Å². The van der Waals surface area contributed by atoms with Gasteiger partial charge in [0.15, 0.2) is 0 Å². The first-order valence-electron chi connectivity index (χ1n) is 22.1. The van der Waals surface area contributed by atoms with Gasteiger partial charge in [-0.25, -0.2) is 0 Å². The molecule has 3 heterocycles. The molecule has 5 rings (SSSR count). The maximum atomic E-state index is 13.3. The molecule has 10 nitrogen and oxygen atoms in total. The number of piperidine rings is 2. The van der Waals surface area contributed by atoms with Gasteiger partial charge in [-0.15, -0.1) is 13.2 Å². The van der Waals surface area contributed by atoms with Gasteiger partial charge in [0.25, 0.3) is 5.91 Å². The van der Waals surface area contributed by atoms with Crippen molar-refractivity contribution in [3.05, 3.63) is 13.2 Å². The van der Waals surface area contributed by atoms with Crippen molar-refractivity contribution < 1.29 is 19.2 Å². The number of nitrogens with zero attached hydrogens (tertiary/aromatic N) is 6. The van der Waals surface area contributed by atoms with Crippen LogP contribution in [0.15, 0.2) is 23.1 Å². The number of amides is 4. The Kier molecular flexibility index (Phi) is 20.9. The Balaban J connectivity index is 0.000000356. The number of fused-ring (bicyclic) bond motifs is 2. The maximum Gasteiger partial charge on any atom is 0.256 e. The first-order valence-corrected chi connectivity index (χ1v) is 22.1. The molecule has 2 atom stereocenters. The third-order valence-electron chi connectivity index (χ3n) is 12.3. The summed E-state index contributed by atoms with van der Waals surface area (Å²) in [5, 5.41) is 0. The summed E-state index contributed by atoms with van der Waals surface area (Å²) in [5.74, 6) is 4.45. The molecule has 2 saturated heterocycles. The van der Waals surface area contributed by atoms with Gasteiger partial charge in [-0.05, 0) is 96.8 Å². The largest absolute Gasteiger partial charge is 0.343 e. The fraction of sp³-hybridized carbons (Fsp3) is 0.822. The molecule has 3 aliphatic heterocycles. The van der Waals surface area contributed by atoms with E-state index in [0.717, 1.165) is 120 Å². The van der Waals surface area contributed by atoms with Crippen LogP contribution in [0.4, 0.5) is 0 Å². The minimum absolute atomic E-state index is 0.153. The fourth-order valence-corrected chi connectivity index (χ4v) is 8.98. The fourth-order valence-electron chi connectivity index (χ4n) is 8.98. The van der Waals surface area contributed by atoms with Gasteiger partial charge in [0, 0.05) is 64.4 Å². The molecule has 2 unspecified atom stereocenters. The number of amidine groups is 2. The quantitative estimate of drug-likeness (QED) is 0.0807. The van der Waals surface area contributed by atoms with Crippen molar-refractivity contribution in [1.29, 1.82) is 0 Å². The molecule has 10 heteroatoms. The van der Waals surface area contributed by atoms with Crippen LogP contribution >= 0.6 is 0 Å². The van der Waals surface area contributed by atoms with E-state index in [1.807, 2.05) is 28.5 Å². The molecule has 2 aliphatic carbocycles. The van der Waals surface area contributed by atoms with Gasteiger partial charge in [-0.1, -0.05) is 66.7 Å². The number of carbonyl (C=O) groups excluding carboxylic acids is 4. The van der Waals surface area contributed by atoms with E-state index in [1.165, 1.54) is 19.3 Å². The second-order valence-electron chi connectivity index (χ2n) is 16.8. The van der Waals surface area contributed by atoms with Gasteiger partial charge in [-0.3, -0.25) is 34.1 Å². The van der Waals surface area contributed by atoms with Crippen LogP contribution in [0, 0.1) is 17.8 Å². The predicted molar refractivity (Wildman–Crippen MR) is 228 cm³/mol. The van der Waals surface area contributed by atoms with Crippen LogP contribution in [0.25, 0.3) is 0 Å². The van der Waals surface area contributed by atoms with E-state index in [-0.39, 0.29) is 29.3 Å². The molecule has 0 aromatic heterocycles. The Morgan fingerprint density at radius 1 is 0.873 bits per heavy atom. The van der Waals surface area contributed by atoms with Crippen LogP contribution in [-0.4, -0.2) is 106 Å². The molecule has 0 aromatic carbocycles. The smallest absolute Gasteiger partial charge is 0.256 e. The van der Waals surface area contributed by atoms with Crippen molar-refractivity contribution in [2.24, 2.45) is 27.7 Å². The number of rotatable bonds is 13. The Morgan fingerprint density at radius 2 is 1.40 bits per heavy atom. The maximum absolute atomic E-state index is 13.3. The normalized spacial score (nSPS) is 23.9. The van der Waals surface area contributed by atoms with Crippen molar-refractivity contribution in [2.45, 2.75) is 188 Å². The van der Waals surface area contributed by atoms with Crippen molar-refractivity contribution in [3.63, 3.8) is 0 Å². The summed E-state index contributed by atoms with van der Waals surface area (Å²) in [4.78, 5) is 67.1. The summed E-state index contributed by atoms with van der Waals surface area (Å²) in [6.07, 6.45) is 18.8. The van der Waals surface area contributed by atoms with E-state index in [2.05, 4.69) is 54.7 Å². The van der Waals surface area contributed by atoms with Gasteiger partial charge in [0.05, 0.1) is 5.54 Å². The van der Waals surface area contributed by atoms with Gasteiger partial charge in [0.1, 0.15) is 17.2 Å². The van der Waals surface area contributed by atoms with Gasteiger partial charge >= 0.3 is 0 Å². The standard InChI is InChI=1S/C23H37N3O2.C18H33N3O2.C2H6.C2H4/c1-4-5-6-20-24-23(22(28)26(20)16(2)3)9-11-25(12-10-23)21(27)19-14-17-7-8-18(13-17)15-19;1-5-7-9-16(20(4)15-22)19-18(3)11-13-21(14-12-18)17(23)10-8-6-2;2*1-2/h16-19H,4-15H2,1-3H3;15H,5-14H2,1-4H3;1-2H3;1-2H2. The third kappa shape index (κ3) is 13.3. The summed E-state index contributed by atoms with van der Waals surface area (Å²) >= 11 is 0. The van der Waals surface area contributed by atoms with Gasteiger partial charge in [-0.2, -0.15) is 0 Å². The molecule has 0 aromatic rings. The Hall–Kier alpha value is -3.04. The summed E-state index contributed by atoms with van der Waals surface area (Å²) < 4.78 is 0. The molecule has 1 spiro atoms. The van der Waals surface area contributed by atoms with Crippen LogP contribution in [0.3, 0.4) is 0 Å². The van der Waals surface area contributed by atoms with Crippen LogP contribution in [-0.2, 0) is 19.2 Å². The Bertz CT molecular complexity index is 1250. The van der Waals surface area contributed by atoms with E-state index in [0.29, 0.717) is 38.3 Å². The van der Waals surface area contributed by atoms with Crippen LogP contribution in [0.1, 0.15) is 171 Å². The lowest BCUT2D eigenvalue weighted by Crippen LogP contribution is -2.53. The van der Waals surface area contributed by atoms with Crippen LogP contribution in [0.2, 0.25) is 0 Å². The summed E-state index contributed by atoms with van der Waals surface area (Å²) in [7, 11) is 1.77. The third-order valence-corrected chi connectivity index (χ3v) is 12.3. The zero-order valence-electron chi connectivity index (χ0n) is 36.7. The highest BCUT2D eigenvalue weighted by Gasteiger charge is 2.51. The number of hydrogen-bond acceptors (Lipinski definition) is 6. The Labute approximate surface area is 336 Å². The summed E-state index contributed by atoms with van der Waals surface area (Å²) in [6, 6.07) is 0.153. The first kappa shape index (κ1) is 48.1. The minimum atomic E-state index is -0.601. The molecule has 0 radical (unpaired) electrons. The average molecular weight is 769 g/mol. The SMILES string of the molecule is C=C.CC.CCCCC(=O)N1CCC(C)(N=C(CCCC)N(C)C=O)CC1.CCCCC1=NC2(CCN(C(=O)C3CC4CCC(C4)C3)CC2)C(=O)N1C(C)C. The molecule has 0 N–H and O–H groups in total. The van der Waals surface area contributed by atoms with E-state index >= 15 is 0 Å². The molecule has 4 fully saturated rings. The lowest BCUT2D eigenvalue weighted by molar-refractivity contribution is -0.142. The van der Waals surface area contributed by atoms with Gasteiger partial charge in [0.2, 0.25) is 18.2 Å². The van der Waals surface area contributed by atoms with Crippen molar-refractivity contribution in [3.8, 4) is 0 Å². The average Bonchev–Trinajstić information content (AvgIpc) is 3.69. The zero-order chi connectivity index (χ0) is 41.2. The molecule has 2 bridgehead atoms. The lowest BCUT2D eigenvalue weighted by Gasteiger charge is -2.39. The Morgan fingerprint density at radius 3 is 1.91 bits per heavy atom. The van der Waals surface area contributed by atoms with E-state index < -0.39 is 5.54 Å². The highest BCUT2D eigenvalue weighted by Crippen LogP contribution is 2.45. The predicted octanol–water partition coefficient (Wildman–Crippen LogP) is 9.08. The number of aliphatic imine (C=N–C) groups is 2. The summed E-state index contributed by atoms with van der Waals surface area (Å²) in [5.41, 5.74) is -0.766. The van der Waals surface area contributed by atoms with Crippen molar-refractivity contribution in [2.75, 3.05) is 33.2 Å². The number of carbonyl (C=O) groups is 4. The number of likely N-dealkylation sites (tertiary alicyclic amines) is 2. The highest BCUT2D eigenvalue weighted by molar-refractivity contribution is 6.08. The minimum Gasteiger partial charge on any atom is -0.343 e. The number of hydrogen-bond donors (Lipinski definition) is 0. The molecule has 5 aliphatic rings. The van der Waals surface area contributed by atoms with Crippen molar-refractivity contribution in [1.82, 2.24) is 19.6 Å². The topological polar surface area (TPSA) is 106 Å². The summed E-state index contributed by atoms with van der Waals surface area (Å²) in [6.45, 7) is 25.6. The van der Waals surface area contributed by atoms with Crippen LogP contribution in [0.5, 0.6) is 0 Å².